The number of hydrogen-bond donors (Lipinski definition) is 0. The number of benzene rings is 1. The molecule has 0 radical (unpaired) electrons. The van der Waals surface area contributed by atoms with Crippen molar-refractivity contribution in [2.75, 3.05) is 18.2 Å². The fourth-order valence-electron chi connectivity index (χ4n) is 1.47. The molecule has 1 heterocycles. The third kappa shape index (κ3) is 2.60. The number of nitriles is 1. The van der Waals surface area contributed by atoms with E-state index in [1.54, 1.807) is 31.2 Å². The van der Waals surface area contributed by atoms with E-state index in [1.165, 1.54) is 9.80 Å². The Morgan fingerprint density at radius 3 is 2.22 bits per heavy atom. The van der Waals surface area contributed by atoms with Crippen molar-refractivity contribution in [2.24, 2.45) is 0 Å². The zero-order valence-electron chi connectivity index (χ0n) is 10.2. The Morgan fingerprint density at radius 1 is 1.11 bits per heavy atom. The van der Waals surface area contributed by atoms with Gasteiger partial charge >= 0.3 is 0 Å². The summed E-state index contributed by atoms with van der Waals surface area (Å²) in [6, 6.07) is 8.21. The van der Waals surface area contributed by atoms with Crippen LogP contribution in [0.4, 0.5) is 5.95 Å². The maximum Gasteiger partial charge on any atom is 0.238 e. The first-order chi connectivity index (χ1) is 8.74. The van der Waals surface area contributed by atoms with Gasteiger partial charge in [-0.2, -0.15) is 5.26 Å². The van der Waals surface area contributed by atoms with Gasteiger partial charge in [0.05, 0.1) is 0 Å². The van der Waals surface area contributed by atoms with Gasteiger partial charge in [0.15, 0.2) is 6.19 Å². The standard InChI is InChI=1S/C13H12N4S/c1-17(9-14)13-15-7-11(8-16-13)10-3-5-12(18-2)6-4-10/h3-8H,1-2H3. The van der Waals surface area contributed by atoms with Gasteiger partial charge in [-0.15, -0.1) is 11.8 Å². The highest BCUT2D eigenvalue weighted by Crippen LogP contribution is 2.22. The minimum absolute atomic E-state index is 0.405. The second-order valence-electron chi connectivity index (χ2n) is 3.66. The highest BCUT2D eigenvalue weighted by molar-refractivity contribution is 7.98. The third-order valence-electron chi connectivity index (χ3n) is 2.51. The van der Waals surface area contributed by atoms with Crippen LogP contribution in [0.2, 0.25) is 0 Å². The molecule has 5 heteroatoms. The van der Waals surface area contributed by atoms with Gasteiger partial charge in [-0.25, -0.2) is 9.97 Å². The summed E-state index contributed by atoms with van der Waals surface area (Å²) in [6.45, 7) is 0. The lowest BCUT2D eigenvalue weighted by atomic mass is 10.1. The van der Waals surface area contributed by atoms with Crippen LogP contribution in [0.1, 0.15) is 0 Å². The molecule has 0 bridgehead atoms. The van der Waals surface area contributed by atoms with Crippen molar-refractivity contribution in [2.45, 2.75) is 4.90 Å². The molecule has 2 rings (SSSR count). The molecule has 0 aliphatic rings. The molecular formula is C13H12N4S. The van der Waals surface area contributed by atoms with E-state index >= 15 is 0 Å². The minimum atomic E-state index is 0.405. The van der Waals surface area contributed by atoms with E-state index in [9.17, 15) is 0 Å². The molecule has 0 aliphatic carbocycles. The van der Waals surface area contributed by atoms with E-state index in [-0.39, 0.29) is 0 Å². The summed E-state index contributed by atoms with van der Waals surface area (Å²) in [5.74, 6) is 0.405. The summed E-state index contributed by atoms with van der Waals surface area (Å²) in [4.78, 5) is 10.9. The maximum absolute atomic E-state index is 8.73. The second-order valence-corrected chi connectivity index (χ2v) is 4.54. The lowest BCUT2D eigenvalue weighted by Gasteiger charge is -2.07. The molecule has 0 amide bonds. The summed E-state index contributed by atoms with van der Waals surface area (Å²) in [7, 11) is 1.63. The first-order valence-corrected chi connectivity index (χ1v) is 6.57. The summed E-state index contributed by atoms with van der Waals surface area (Å²) in [5, 5.41) is 8.73. The second kappa shape index (κ2) is 5.52. The smallest absolute Gasteiger partial charge is 0.238 e. The van der Waals surface area contributed by atoms with Crippen molar-refractivity contribution in [3.05, 3.63) is 36.7 Å². The highest BCUT2D eigenvalue weighted by Gasteiger charge is 2.04. The van der Waals surface area contributed by atoms with Crippen molar-refractivity contribution in [1.29, 1.82) is 5.26 Å². The first-order valence-electron chi connectivity index (χ1n) is 5.34. The van der Waals surface area contributed by atoms with Crippen molar-refractivity contribution in [3.8, 4) is 17.3 Å². The number of rotatable bonds is 3. The Balaban J connectivity index is 2.26. The van der Waals surface area contributed by atoms with Gasteiger partial charge in [0.1, 0.15) is 0 Å². The Morgan fingerprint density at radius 2 is 1.72 bits per heavy atom. The van der Waals surface area contributed by atoms with Crippen LogP contribution < -0.4 is 4.90 Å². The van der Waals surface area contributed by atoms with Gasteiger partial charge in [-0.3, -0.25) is 4.90 Å². The summed E-state index contributed by atoms with van der Waals surface area (Å²) >= 11 is 1.71. The molecule has 0 spiro atoms. The number of nitrogens with zero attached hydrogens (tertiary/aromatic N) is 4. The Labute approximate surface area is 110 Å². The van der Waals surface area contributed by atoms with Crippen molar-refractivity contribution >= 4 is 17.7 Å². The average Bonchev–Trinajstić information content (AvgIpc) is 2.47. The molecular weight excluding hydrogens is 244 g/mol. The largest absolute Gasteiger partial charge is 0.250 e. The molecule has 1 aromatic heterocycles. The summed E-state index contributed by atoms with van der Waals surface area (Å²) < 4.78 is 0. The molecule has 0 aliphatic heterocycles. The lowest BCUT2D eigenvalue weighted by molar-refractivity contribution is 1.05. The van der Waals surface area contributed by atoms with E-state index in [1.807, 2.05) is 24.6 Å². The van der Waals surface area contributed by atoms with Crippen molar-refractivity contribution in [3.63, 3.8) is 0 Å². The molecule has 0 N–H and O–H groups in total. The zero-order valence-corrected chi connectivity index (χ0v) is 11.0. The summed E-state index contributed by atoms with van der Waals surface area (Å²) in [6.07, 6.45) is 7.46. The van der Waals surface area contributed by atoms with E-state index in [0.29, 0.717) is 5.95 Å². The minimum Gasteiger partial charge on any atom is -0.250 e. The van der Waals surface area contributed by atoms with Crippen LogP contribution in [-0.2, 0) is 0 Å². The molecule has 0 saturated carbocycles. The van der Waals surface area contributed by atoms with E-state index in [2.05, 4.69) is 22.1 Å². The van der Waals surface area contributed by atoms with Crippen molar-refractivity contribution < 1.29 is 0 Å². The first kappa shape index (κ1) is 12.4. The quantitative estimate of drug-likeness (QED) is 0.480. The van der Waals surface area contributed by atoms with Crippen molar-refractivity contribution in [1.82, 2.24) is 9.97 Å². The maximum atomic E-state index is 8.73. The predicted octanol–water partition coefficient (Wildman–Crippen LogP) is 2.78. The predicted molar refractivity (Wildman–Crippen MR) is 73.3 cm³/mol. The number of anilines is 1. The summed E-state index contributed by atoms with van der Waals surface area (Å²) in [5.41, 5.74) is 2.01. The third-order valence-corrected chi connectivity index (χ3v) is 3.26. The number of aromatic nitrogens is 2. The van der Waals surface area contributed by atoms with Gasteiger partial charge in [0.25, 0.3) is 0 Å². The fraction of sp³-hybridized carbons (Fsp3) is 0.154. The molecule has 0 saturated heterocycles. The van der Waals surface area contributed by atoms with Gasteiger partial charge in [0.2, 0.25) is 5.95 Å². The SMILES string of the molecule is CSc1ccc(-c2cnc(N(C)C#N)nc2)cc1. The van der Waals surface area contributed by atoms with Gasteiger partial charge in [0, 0.05) is 29.9 Å². The molecule has 0 atom stereocenters. The van der Waals surface area contributed by atoms with Gasteiger partial charge in [-0.05, 0) is 24.0 Å². The molecule has 18 heavy (non-hydrogen) atoms. The lowest BCUT2D eigenvalue weighted by Crippen LogP contribution is -2.11. The molecule has 4 nitrogen and oxygen atoms in total. The topological polar surface area (TPSA) is 52.8 Å². The van der Waals surface area contributed by atoms with E-state index < -0.39 is 0 Å². The highest BCUT2D eigenvalue weighted by atomic mass is 32.2. The molecule has 0 fully saturated rings. The molecule has 1 aromatic carbocycles. The number of thioether (sulfide) groups is 1. The normalized spacial score (nSPS) is 9.83. The average molecular weight is 256 g/mol. The van der Waals surface area contributed by atoms with Crippen LogP contribution in [0.15, 0.2) is 41.6 Å². The van der Waals surface area contributed by atoms with E-state index in [0.717, 1.165) is 11.1 Å². The van der Waals surface area contributed by atoms with Crippen LogP contribution in [0.5, 0.6) is 0 Å². The molecule has 90 valence electrons. The van der Waals surface area contributed by atoms with E-state index in [4.69, 9.17) is 5.26 Å². The van der Waals surface area contributed by atoms with Crippen LogP contribution in [0.25, 0.3) is 11.1 Å². The number of hydrogen-bond acceptors (Lipinski definition) is 5. The van der Waals surface area contributed by atoms with Crippen LogP contribution in [-0.4, -0.2) is 23.3 Å². The van der Waals surface area contributed by atoms with Crippen LogP contribution in [0.3, 0.4) is 0 Å². The zero-order chi connectivity index (χ0) is 13.0. The van der Waals surface area contributed by atoms with Crippen LogP contribution >= 0.6 is 11.8 Å². The Hall–Kier alpha value is -2.06. The van der Waals surface area contributed by atoms with Crippen LogP contribution in [0, 0.1) is 11.5 Å². The Bertz CT molecular complexity index is 557. The van der Waals surface area contributed by atoms with Gasteiger partial charge in [-0.1, -0.05) is 12.1 Å². The molecule has 2 aromatic rings. The monoisotopic (exact) mass is 256 g/mol. The fourth-order valence-corrected chi connectivity index (χ4v) is 1.88. The van der Waals surface area contributed by atoms with Gasteiger partial charge < -0.3 is 0 Å². The molecule has 0 unspecified atom stereocenters. The Kier molecular flexibility index (Phi) is 3.80.